The topological polar surface area (TPSA) is 260 Å². The van der Waals surface area contributed by atoms with Crippen LogP contribution in [0.15, 0.2) is 128 Å². The monoisotopic (exact) mass is 1150 g/mol. The van der Waals surface area contributed by atoms with E-state index in [-0.39, 0.29) is 75.4 Å². The molecule has 3 heterocycles. The quantitative estimate of drug-likeness (QED) is 0.0435. The number of esters is 3. The summed E-state index contributed by atoms with van der Waals surface area (Å²) in [5.41, 5.74) is 6.29. The molecule has 6 aromatic carbocycles. The van der Waals surface area contributed by atoms with E-state index >= 15 is 0 Å². The summed E-state index contributed by atoms with van der Waals surface area (Å²) in [6, 6.07) is 27.4. The fourth-order valence-electron chi connectivity index (χ4n) is 8.80. The molecule has 84 heavy (non-hydrogen) atoms. The number of methoxy groups -OCH3 is 5. The summed E-state index contributed by atoms with van der Waals surface area (Å²) < 4.78 is 64.2. The predicted molar refractivity (Wildman–Crippen MR) is 301 cm³/mol. The predicted octanol–water partition coefficient (Wildman–Crippen LogP) is 8.78. The van der Waals surface area contributed by atoms with Crippen LogP contribution in [0.25, 0.3) is 32.7 Å². The van der Waals surface area contributed by atoms with Crippen molar-refractivity contribution >= 4 is 99.7 Å². The minimum absolute atomic E-state index is 0.0324. The van der Waals surface area contributed by atoms with Gasteiger partial charge in [-0.3, -0.25) is 48.7 Å². The average molecular weight is 1150 g/mol. The van der Waals surface area contributed by atoms with Gasteiger partial charge >= 0.3 is 17.9 Å². The molecule has 2 N–H and O–H groups in total. The van der Waals surface area contributed by atoms with E-state index in [0.29, 0.717) is 76.9 Å². The van der Waals surface area contributed by atoms with E-state index in [9.17, 15) is 56.6 Å². The second-order valence-corrected chi connectivity index (χ2v) is 17.9. The average Bonchev–Trinajstić information content (AvgIpc) is 1.85. The van der Waals surface area contributed by atoms with E-state index in [0.717, 1.165) is 44.7 Å². The van der Waals surface area contributed by atoms with E-state index < -0.39 is 23.7 Å². The van der Waals surface area contributed by atoms with Gasteiger partial charge in [-0.05, 0) is 125 Å². The van der Waals surface area contributed by atoms with Gasteiger partial charge in [-0.2, -0.15) is 0 Å². The normalized spacial score (nSPS) is 10.5. The van der Waals surface area contributed by atoms with Gasteiger partial charge in [0.2, 0.25) is 32.1 Å². The number of rotatable bonds is 19. The minimum Gasteiger partial charge on any atom is -0.505 e. The third-order valence-electron chi connectivity index (χ3n) is 12.7. The molecular weight excluding hydrogens is 1100 g/mol. The number of halogens is 3. The first-order valence-corrected chi connectivity index (χ1v) is 24.8. The maximum absolute atomic E-state index is 13.1. The molecule has 0 aliphatic rings. The lowest BCUT2D eigenvalue weighted by Crippen LogP contribution is -2.20. The second kappa shape index (κ2) is 27.9. The first-order chi connectivity index (χ1) is 40.6. The highest BCUT2D eigenvalue weighted by Gasteiger charge is 2.25. The number of ether oxygens (including phenoxy) is 5. The zero-order valence-corrected chi connectivity index (χ0v) is 45.3. The van der Waals surface area contributed by atoms with E-state index in [1.807, 2.05) is 6.07 Å². The van der Waals surface area contributed by atoms with Gasteiger partial charge in [-0.15, -0.1) is 0 Å². The van der Waals surface area contributed by atoms with Crippen molar-refractivity contribution in [1.82, 2.24) is 15.0 Å². The Balaban J connectivity index is 0.000000181. The molecule has 0 radical (unpaired) electrons. The number of phenolic OH excluding ortho intramolecular Hbond substituents is 1. The molecule has 0 saturated carbocycles. The van der Waals surface area contributed by atoms with Crippen LogP contribution in [0.1, 0.15) is 64.5 Å². The number of hydrogen-bond acceptors (Lipinski definition) is 17. The lowest BCUT2D eigenvalue weighted by Gasteiger charge is -2.17. The number of phenols is 1. The minimum atomic E-state index is -0.838. The summed E-state index contributed by atoms with van der Waals surface area (Å²) in [6.45, 7) is 0. The highest BCUT2D eigenvalue weighted by molar-refractivity contribution is 6.13. The van der Waals surface area contributed by atoms with Crippen molar-refractivity contribution in [3.05, 3.63) is 195 Å². The maximum Gasteiger partial charge on any atom is 0.341 e. The Kier molecular flexibility index (Phi) is 20.1. The number of pyridine rings is 3. The van der Waals surface area contributed by atoms with Crippen LogP contribution in [0.4, 0.5) is 30.2 Å². The molecule has 0 bridgehead atoms. The van der Waals surface area contributed by atoms with Crippen molar-refractivity contribution in [2.45, 2.75) is 19.3 Å². The summed E-state index contributed by atoms with van der Waals surface area (Å²) in [5, 5.41) is 14.4. The molecule has 9 aromatic rings. The molecule has 0 fully saturated rings. The van der Waals surface area contributed by atoms with Crippen LogP contribution in [0.2, 0.25) is 0 Å². The third kappa shape index (κ3) is 13.7. The molecule has 0 unspecified atom stereocenters. The van der Waals surface area contributed by atoms with Gasteiger partial charge in [0.1, 0.15) is 50.7 Å². The number of imide groups is 2. The van der Waals surface area contributed by atoms with Crippen molar-refractivity contribution in [1.29, 1.82) is 0 Å². The number of benzene rings is 6. The number of hydrogen-bond donors (Lipinski definition) is 2. The molecule has 20 nitrogen and oxygen atoms in total. The van der Waals surface area contributed by atoms with Crippen LogP contribution >= 0.6 is 0 Å². The van der Waals surface area contributed by atoms with Crippen molar-refractivity contribution in [3.63, 3.8) is 0 Å². The Morgan fingerprint density at radius 3 is 1.17 bits per heavy atom. The van der Waals surface area contributed by atoms with Gasteiger partial charge in [0.05, 0.1) is 52.6 Å². The van der Waals surface area contributed by atoms with Crippen LogP contribution in [0.5, 0.6) is 17.2 Å². The zero-order valence-electron chi connectivity index (χ0n) is 45.3. The van der Waals surface area contributed by atoms with Gasteiger partial charge in [0.15, 0.2) is 17.2 Å². The van der Waals surface area contributed by atoms with E-state index in [4.69, 9.17) is 18.9 Å². The van der Waals surface area contributed by atoms with Crippen LogP contribution in [0, 0.1) is 17.5 Å². The molecule has 0 atom stereocenters. The number of aromatic nitrogens is 3. The molecule has 3 aromatic heterocycles. The highest BCUT2D eigenvalue weighted by Crippen LogP contribution is 2.39. The number of aromatic hydroxyl groups is 1. The lowest BCUT2D eigenvalue weighted by atomic mass is 10.0. The number of nitrogens with one attached hydrogen (secondary N) is 1. The largest absolute Gasteiger partial charge is 0.505 e. The number of fused-ring (bicyclic) bond motifs is 3. The van der Waals surface area contributed by atoms with Crippen molar-refractivity contribution in [3.8, 4) is 17.2 Å². The Bertz CT molecular complexity index is 3950. The summed E-state index contributed by atoms with van der Waals surface area (Å²) in [4.78, 5) is 107. The summed E-state index contributed by atoms with van der Waals surface area (Å²) in [6.07, 6.45) is 7.88. The van der Waals surface area contributed by atoms with Gasteiger partial charge < -0.3 is 34.1 Å². The summed E-state index contributed by atoms with van der Waals surface area (Å²) in [5.74, 6) is -3.10. The fourth-order valence-corrected chi connectivity index (χ4v) is 8.80. The summed E-state index contributed by atoms with van der Waals surface area (Å²) >= 11 is 0. The first kappa shape index (κ1) is 60.5. The van der Waals surface area contributed by atoms with Gasteiger partial charge in [0, 0.05) is 34.7 Å². The second-order valence-electron chi connectivity index (χ2n) is 17.9. The molecule has 5 amide bonds. The van der Waals surface area contributed by atoms with Gasteiger partial charge in [-0.1, -0.05) is 36.4 Å². The van der Waals surface area contributed by atoms with Gasteiger partial charge in [-0.25, -0.2) is 27.6 Å². The van der Waals surface area contributed by atoms with Crippen molar-refractivity contribution in [2.24, 2.45) is 0 Å². The fraction of sp³-hybridized carbons (Fsp3) is 0.131. The van der Waals surface area contributed by atoms with Crippen LogP contribution in [0.3, 0.4) is 0 Å². The SMILES string of the molecule is COC(=O)c1cc(N(C=O)C=O)c2cc(Cc3ccc(F)cc3)cnc2c1O.COC(=O)c1cc(N(C=O)C=O)c2cc(Cc3ccc(F)cc3)cnc2c1OC.COC(=O)c1cc(NC=O)c2cc(Cc3ccc(F)cc3)cnc2c1OC. The first-order valence-electron chi connectivity index (χ1n) is 24.8. The lowest BCUT2D eigenvalue weighted by molar-refractivity contribution is -0.115. The van der Waals surface area contributed by atoms with E-state index in [1.165, 1.54) is 89.2 Å². The number of anilines is 3. The molecule has 0 aliphatic heterocycles. The molecular formula is C61H49F3N6O14. The Labute approximate surface area is 475 Å². The maximum atomic E-state index is 13.1. The molecule has 23 heteroatoms. The van der Waals surface area contributed by atoms with Crippen LogP contribution in [-0.2, 0) is 57.4 Å². The van der Waals surface area contributed by atoms with E-state index in [1.54, 1.807) is 60.9 Å². The van der Waals surface area contributed by atoms with Crippen LogP contribution in [-0.4, -0.2) is 106 Å². The van der Waals surface area contributed by atoms with E-state index in [2.05, 4.69) is 25.0 Å². The molecule has 428 valence electrons. The number of carbonyl (C=O) groups is 8. The number of amides is 5. The van der Waals surface area contributed by atoms with Crippen molar-refractivity contribution in [2.75, 3.05) is 50.7 Å². The van der Waals surface area contributed by atoms with Crippen LogP contribution < -0.4 is 24.6 Å². The Hall–Kier alpha value is -11.1. The van der Waals surface area contributed by atoms with Gasteiger partial charge in [0.25, 0.3) is 0 Å². The highest BCUT2D eigenvalue weighted by atomic mass is 19.1. The smallest absolute Gasteiger partial charge is 0.341 e. The van der Waals surface area contributed by atoms with Crippen molar-refractivity contribution < 1.29 is 80.3 Å². The molecule has 0 spiro atoms. The third-order valence-corrected chi connectivity index (χ3v) is 12.7. The number of carbonyl (C=O) groups excluding carboxylic acids is 8. The summed E-state index contributed by atoms with van der Waals surface area (Å²) in [7, 11) is 6.43. The Morgan fingerprint density at radius 2 is 0.798 bits per heavy atom. The standard InChI is InChI=1S/C21H17FN2O5.C20H15FN2O5.C20H17FN2O4/c1-28-20-17(21(27)29-2)9-18(24(11-25)12-26)16-8-14(10-23-19(16)20)7-13-3-5-15(22)6-4-13;1-28-20(27)16-8-17(23(10-24)11-25)15-7-13(9-22-18(15)19(16)26)6-12-2-4-14(21)5-3-12;1-26-19-16(20(25)27-2)9-17(23-11-24)15-8-13(10-22-18(15)19)7-12-3-5-14(21)6-4-12/h3-6,8-12H,7H2,1-2H3;2-5,7-11,26H,6H2,1H3;3-6,8-11H,7H2,1-2H3,(H,23,24). The number of nitrogens with zero attached hydrogens (tertiary/aromatic N) is 5. The molecule has 9 rings (SSSR count). The molecule has 0 saturated heterocycles. The molecule has 0 aliphatic carbocycles. The zero-order chi connectivity index (χ0) is 60.6. The Morgan fingerprint density at radius 1 is 0.464 bits per heavy atom.